The molecule has 0 saturated carbocycles. The second kappa shape index (κ2) is 6.43. The van der Waals surface area contributed by atoms with E-state index < -0.39 is 0 Å². The number of nitrogens with two attached hydrogens (primary N) is 1. The van der Waals surface area contributed by atoms with Crippen molar-refractivity contribution in [3.63, 3.8) is 0 Å². The lowest BCUT2D eigenvalue weighted by Crippen LogP contribution is -2.14. The van der Waals surface area contributed by atoms with Crippen LogP contribution in [0.25, 0.3) is 0 Å². The van der Waals surface area contributed by atoms with E-state index in [2.05, 4.69) is 4.98 Å². The lowest BCUT2D eigenvalue weighted by atomic mass is 10.2. The molecule has 1 aromatic carbocycles. The van der Waals surface area contributed by atoms with Gasteiger partial charge < -0.3 is 15.4 Å². The summed E-state index contributed by atoms with van der Waals surface area (Å²) in [6.07, 6.45) is 0. The van der Waals surface area contributed by atoms with E-state index in [1.165, 1.54) is 6.07 Å². The number of halogens is 1. The minimum Gasteiger partial charge on any atom is -0.476 e. The van der Waals surface area contributed by atoms with Gasteiger partial charge in [-0.1, -0.05) is 26.0 Å². The van der Waals surface area contributed by atoms with Gasteiger partial charge in [0.2, 0.25) is 5.88 Å². The van der Waals surface area contributed by atoms with Crippen LogP contribution in [0.15, 0.2) is 36.4 Å². The SMILES string of the molecule is CC(C)COc1nc(N(C)c2ccccc2F)ccc1N. The van der Waals surface area contributed by atoms with E-state index in [0.29, 0.717) is 35.6 Å². The van der Waals surface area contributed by atoms with Crippen LogP contribution < -0.4 is 15.4 Å². The number of rotatable bonds is 5. The Kier molecular flexibility index (Phi) is 4.62. The molecule has 0 aliphatic carbocycles. The van der Waals surface area contributed by atoms with E-state index >= 15 is 0 Å². The van der Waals surface area contributed by atoms with Crippen LogP contribution in [0, 0.1) is 11.7 Å². The molecule has 112 valence electrons. The van der Waals surface area contributed by atoms with Gasteiger partial charge in [0.1, 0.15) is 11.6 Å². The largest absolute Gasteiger partial charge is 0.476 e. The summed E-state index contributed by atoms with van der Waals surface area (Å²) in [6, 6.07) is 10.0. The maximum atomic E-state index is 13.8. The number of nitrogens with zero attached hydrogens (tertiary/aromatic N) is 2. The summed E-state index contributed by atoms with van der Waals surface area (Å²) >= 11 is 0. The fourth-order valence-electron chi connectivity index (χ4n) is 1.84. The first-order chi connectivity index (χ1) is 9.99. The van der Waals surface area contributed by atoms with Gasteiger partial charge >= 0.3 is 0 Å². The summed E-state index contributed by atoms with van der Waals surface area (Å²) in [7, 11) is 1.75. The number of pyridine rings is 1. The number of benzene rings is 1. The molecular formula is C16H20FN3O. The highest BCUT2D eigenvalue weighted by atomic mass is 19.1. The first kappa shape index (κ1) is 15.1. The highest BCUT2D eigenvalue weighted by molar-refractivity contribution is 5.63. The molecule has 0 unspecified atom stereocenters. The van der Waals surface area contributed by atoms with Crippen molar-refractivity contribution in [1.29, 1.82) is 0 Å². The van der Waals surface area contributed by atoms with Gasteiger partial charge in [0, 0.05) is 7.05 Å². The third-order valence-corrected chi connectivity index (χ3v) is 2.99. The Morgan fingerprint density at radius 1 is 1.24 bits per heavy atom. The quantitative estimate of drug-likeness (QED) is 0.913. The van der Waals surface area contributed by atoms with Crippen molar-refractivity contribution in [2.24, 2.45) is 5.92 Å². The Balaban J connectivity index is 2.28. The molecule has 2 rings (SSSR count). The third-order valence-electron chi connectivity index (χ3n) is 2.99. The monoisotopic (exact) mass is 289 g/mol. The molecule has 0 aliphatic heterocycles. The molecule has 4 nitrogen and oxygen atoms in total. The van der Waals surface area contributed by atoms with Crippen molar-refractivity contribution in [3.8, 4) is 5.88 Å². The molecule has 2 aromatic rings. The summed E-state index contributed by atoms with van der Waals surface area (Å²) in [5.41, 5.74) is 6.79. The summed E-state index contributed by atoms with van der Waals surface area (Å²) in [5.74, 6) is 1.03. The van der Waals surface area contributed by atoms with E-state index in [1.54, 1.807) is 42.3 Å². The zero-order valence-corrected chi connectivity index (χ0v) is 12.5. The Bertz CT molecular complexity index is 616. The van der Waals surface area contributed by atoms with Gasteiger partial charge in [0.25, 0.3) is 0 Å². The molecule has 0 bridgehead atoms. The molecule has 0 saturated heterocycles. The van der Waals surface area contributed by atoms with Crippen molar-refractivity contribution in [2.75, 3.05) is 24.3 Å². The van der Waals surface area contributed by atoms with E-state index in [-0.39, 0.29) is 5.82 Å². The highest BCUT2D eigenvalue weighted by Gasteiger charge is 2.12. The Morgan fingerprint density at radius 2 is 1.95 bits per heavy atom. The first-order valence-electron chi connectivity index (χ1n) is 6.86. The van der Waals surface area contributed by atoms with Crippen molar-refractivity contribution < 1.29 is 9.13 Å². The number of aromatic nitrogens is 1. The molecule has 0 radical (unpaired) electrons. The second-order valence-corrected chi connectivity index (χ2v) is 5.28. The Hall–Kier alpha value is -2.30. The average Bonchev–Trinajstić information content (AvgIpc) is 2.46. The molecule has 0 spiro atoms. The van der Waals surface area contributed by atoms with Gasteiger partial charge in [-0.25, -0.2) is 4.39 Å². The molecule has 0 fully saturated rings. The van der Waals surface area contributed by atoms with E-state index in [0.717, 1.165) is 0 Å². The van der Waals surface area contributed by atoms with Crippen molar-refractivity contribution in [3.05, 3.63) is 42.2 Å². The van der Waals surface area contributed by atoms with Crippen LogP contribution in [0.5, 0.6) is 5.88 Å². The molecule has 0 amide bonds. The number of para-hydroxylation sites is 1. The molecular weight excluding hydrogens is 269 g/mol. The Labute approximate surface area is 124 Å². The average molecular weight is 289 g/mol. The van der Waals surface area contributed by atoms with E-state index in [9.17, 15) is 4.39 Å². The zero-order valence-electron chi connectivity index (χ0n) is 12.5. The molecule has 0 atom stereocenters. The maximum Gasteiger partial charge on any atom is 0.239 e. The molecule has 1 aromatic heterocycles. The predicted octanol–water partition coefficient (Wildman–Crippen LogP) is 3.61. The third kappa shape index (κ3) is 3.62. The molecule has 1 heterocycles. The van der Waals surface area contributed by atoms with Crippen molar-refractivity contribution in [2.45, 2.75) is 13.8 Å². The van der Waals surface area contributed by atoms with Gasteiger partial charge in [-0.3, -0.25) is 0 Å². The Morgan fingerprint density at radius 3 is 2.62 bits per heavy atom. The fraction of sp³-hybridized carbons (Fsp3) is 0.312. The normalized spacial score (nSPS) is 10.7. The number of nitrogen functional groups attached to an aromatic ring is 1. The van der Waals surface area contributed by atoms with E-state index in [1.807, 2.05) is 13.8 Å². The van der Waals surface area contributed by atoms with Crippen molar-refractivity contribution in [1.82, 2.24) is 4.98 Å². The topological polar surface area (TPSA) is 51.4 Å². The summed E-state index contributed by atoms with van der Waals surface area (Å²) < 4.78 is 19.4. The van der Waals surface area contributed by atoms with Crippen molar-refractivity contribution >= 4 is 17.2 Å². The van der Waals surface area contributed by atoms with Crippen LogP contribution in [-0.2, 0) is 0 Å². The minimum absolute atomic E-state index is 0.303. The number of hydrogen-bond donors (Lipinski definition) is 1. The van der Waals surface area contributed by atoms with Crippen LogP contribution in [-0.4, -0.2) is 18.6 Å². The van der Waals surface area contributed by atoms with E-state index in [4.69, 9.17) is 10.5 Å². The predicted molar refractivity (Wildman–Crippen MR) is 83.4 cm³/mol. The van der Waals surface area contributed by atoms with Gasteiger partial charge in [-0.15, -0.1) is 0 Å². The lowest BCUT2D eigenvalue weighted by molar-refractivity contribution is 0.263. The lowest BCUT2D eigenvalue weighted by Gasteiger charge is -2.20. The van der Waals surface area contributed by atoms with Gasteiger partial charge in [0.05, 0.1) is 18.0 Å². The molecule has 0 aliphatic rings. The van der Waals surface area contributed by atoms with Gasteiger partial charge in [0.15, 0.2) is 0 Å². The maximum absolute atomic E-state index is 13.8. The molecule has 2 N–H and O–H groups in total. The van der Waals surface area contributed by atoms with Crippen LogP contribution in [0.3, 0.4) is 0 Å². The fourth-order valence-corrected chi connectivity index (χ4v) is 1.84. The minimum atomic E-state index is -0.303. The standard InChI is InChI=1S/C16H20FN3O/c1-11(2)10-21-16-13(18)8-9-15(19-16)20(3)14-7-5-4-6-12(14)17/h4-9,11H,10,18H2,1-3H3. The summed E-state index contributed by atoms with van der Waals surface area (Å²) in [6.45, 7) is 4.63. The first-order valence-corrected chi connectivity index (χ1v) is 6.86. The van der Waals surface area contributed by atoms with Crippen LogP contribution >= 0.6 is 0 Å². The summed E-state index contributed by atoms with van der Waals surface area (Å²) in [4.78, 5) is 6.04. The number of ether oxygens (including phenoxy) is 1. The van der Waals surface area contributed by atoms with Crippen LogP contribution in [0.1, 0.15) is 13.8 Å². The molecule has 21 heavy (non-hydrogen) atoms. The number of hydrogen-bond acceptors (Lipinski definition) is 4. The zero-order chi connectivity index (χ0) is 15.4. The highest BCUT2D eigenvalue weighted by Crippen LogP contribution is 2.28. The number of anilines is 3. The smallest absolute Gasteiger partial charge is 0.239 e. The molecule has 5 heteroatoms. The second-order valence-electron chi connectivity index (χ2n) is 5.28. The van der Waals surface area contributed by atoms with Crippen LogP contribution in [0.4, 0.5) is 21.6 Å². The van der Waals surface area contributed by atoms with Gasteiger partial charge in [-0.05, 0) is 30.2 Å². The van der Waals surface area contributed by atoms with Gasteiger partial charge in [-0.2, -0.15) is 4.98 Å². The van der Waals surface area contributed by atoms with Crippen LogP contribution in [0.2, 0.25) is 0 Å². The summed E-state index contributed by atoms with van der Waals surface area (Å²) in [5, 5.41) is 0.